The Morgan fingerprint density at radius 1 is 1.38 bits per heavy atom. The van der Waals surface area contributed by atoms with Crippen LogP contribution >= 0.6 is 12.4 Å². The molecule has 3 nitrogen and oxygen atoms in total. The molecule has 92 valence electrons. The standard InChI is InChI=1S/C11H16FNO2.ClH/c1-8(13)9-4-3-5-10(12)11(9)15-7-6-14-2;/h3-5,8H,6-7,13H2,1-2H3;1H. The van der Waals surface area contributed by atoms with Crippen LogP contribution in [0.1, 0.15) is 18.5 Å². The fourth-order valence-corrected chi connectivity index (χ4v) is 1.26. The summed E-state index contributed by atoms with van der Waals surface area (Å²) in [6.07, 6.45) is 0. The van der Waals surface area contributed by atoms with Crippen LogP contribution < -0.4 is 10.5 Å². The topological polar surface area (TPSA) is 44.5 Å². The van der Waals surface area contributed by atoms with Gasteiger partial charge in [-0.15, -0.1) is 12.4 Å². The lowest BCUT2D eigenvalue weighted by molar-refractivity contribution is 0.143. The van der Waals surface area contributed by atoms with Crippen molar-refractivity contribution < 1.29 is 13.9 Å². The van der Waals surface area contributed by atoms with Crippen LogP contribution in [-0.2, 0) is 4.74 Å². The first kappa shape index (κ1) is 15.2. The number of hydrogen-bond acceptors (Lipinski definition) is 3. The Morgan fingerprint density at radius 2 is 2.06 bits per heavy atom. The molecule has 0 aliphatic heterocycles. The van der Waals surface area contributed by atoms with Crippen molar-refractivity contribution in [2.45, 2.75) is 13.0 Å². The van der Waals surface area contributed by atoms with Crippen molar-refractivity contribution in [2.24, 2.45) is 5.73 Å². The van der Waals surface area contributed by atoms with Gasteiger partial charge in [0.05, 0.1) is 6.61 Å². The summed E-state index contributed by atoms with van der Waals surface area (Å²) in [6, 6.07) is 4.49. The van der Waals surface area contributed by atoms with Gasteiger partial charge in [0.1, 0.15) is 6.61 Å². The van der Waals surface area contributed by atoms with Gasteiger partial charge in [-0.05, 0) is 13.0 Å². The van der Waals surface area contributed by atoms with Gasteiger partial charge in [-0.3, -0.25) is 0 Å². The van der Waals surface area contributed by atoms with Gasteiger partial charge in [0.25, 0.3) is 0 Å². The summed E-state index contributed by atoms with van der Waals surface area (Å²) in [5, 5.41) is 0. The predicted molar refractivity (Wildman–Crippen MR) is 63.6 cm³/mol. The third kappa shape index (κ3) is 3.96. The maximum Gasteiger partial charge on any atom is 0.165 e. The van der Waals surface area contributed by atoms with E-state index in [9.17, 15) is 4.39 Å². The summed E-state index contributed by atoms with van der Waals surface area (Å²) in [5.74, 6) is -0.162. The number of benzene rings is 1. The second-order valence-electron chi connectivity index (χ2n) is 3.29. The van der Waals surface area contributed by atoms with Crippen LogP contribution in [0.25, 0.3) is 0 Å². The summed E-state index contributed by atoms with van der Waals surface area (Å²) in [4.78, 5) is 0. The highest BCUT2D eigenvalue weighted by Crippen LogP contribution is 2.26. The molecule has 0 aliphatic carbocycles. The number of ether oxygens (including phenoxy) is 2. The van der Waals surface area contributed by atoms with E-state index in [0.717, 1.165) is 0 Å². The van der Waals surface area contributed by atoms with E-state index in [1.807, 2.05) is 0 Å². The molecule has 16 heavy (non-hydrogen) atoms. The van der Waals surface area contributed by atoms with Crippen molar-refractivity contribution in [3.05, 3.63) is 29.6 Å². The van der Waals surface area contributed by atoms with E-state index in [2.05, 4.69) is 0 Å². The number of hydrogen-bond donors (Lipinski definition) is 1. The van der Waals surface area contributed by atoms with E-state index >= 15 is 0 Å². The van der Waals surface area contributed by atoms with E-state index in [1.165, 1.54) is 6.07 Å². The number of halogens is 2. The van der Waals surface area contributed by atoms with Gasteiger partial charge < -0.3 is 15.2 Å². The van der Waals surface area contributed by atoms with Crippen LogP contribution in [0.15, 0.2) is 18.2 Å². The van der Waals surface area contributed by atoms with Crippen molar-refractivity contribution in [1.29, 1.82) is 0 Å². The largest absolute Gasteiger partial charge is 0.488 e. The number of nitrogens with two attached hydrogens (primary N) is 1. The molecule has 0 aromatic heterocycles. The van der Waals surface area contributed by atoms with Gasteiger partial charge in [-0.1, -0.05) is 12.1 Å². The summed E-state index contributed by atoms with van der Waals surface area (Å²) in [7, 11) is 1.57. The molecule has 0 heterocycles. The lowest BCUT2D eigenvalue weighted by Crippen LogP contribution is -2.11. The zero-order valence-corrected chi connectivity index (χ0v) is 10.2. The third-order valence-corrected chi connectivity index (χ3v) is 2.02. The smallest absolute Gasteiger partial charge is 0.165 e. The first-order chi connectivity index (χ1) is 7.16. The van der Waals surface area contributed by atoms with E-state index in [4.69, 9.17) is 15.2 Å². The van der Waals surface area contributed by atoms with Crippen LogP contribution in [0.5, 0.6) is 5.75 Å². The first-order valence-electron chi connectivity index (χ1n) is 4.82. The summed E-state index contributed by atoms with van der Waals surface area (Å²) < 4.78 is 23.5. The fourth-order valence-electron chi connectivity index (χ4n) is 1.26. The van der Waals surface area contributed by atoms with Crippen LogP contribution in [0.3, 0.4) is 0 Å². The Bertz CT molecular complexity index is 321. The first-order valence-corrected chi connectivity index (χ1v) is 4.82. The molecule has 0 spiro atoms. The highest BCUT2D eigenvalue weighted by molar-refractivity contribution is 5.85. The zero-order valence-electron chi connectivity index (χ0n) is 9.40. The van der Waals surface area contributed by atoms with E-state index in [1.54, 1.807) is 26.2 Å². The quantitative estimate of drug-likeness (QED) is 0.815. The molecule has 1 unspecified atom stereocenters. The van der Waals surface area contributed by atoms with Crippen molar-refractivity contribution in [1.82, 2.24) is 0 Å². The molecule has 5 heteroatoms. The van der Waals surface area contributed by atoms with Gasteiger partial charge in [0, 0.05) is 18.7 Å². The van der Waals surface area contributed by atoms with Crippen molar-refractivity contribution in [3.8, 4) is 5.75 Å². The summed E-state index contributed by atoms with van der Waals surface area (Å²) in [6.45, 7) is 2.53. The predicted octanol–water partition coefficient (Wildman–Crippen LogP) is 2.29. The SMILES string of the molecule is COCCOc1c(F)cccc1C(C)N.Cl. The van der Waals surface area contributed by atoms with Gasteiger partial charge in [-0.2, -0.15) is 0 Å². The second-order valence-corrected chi connectivity index (χ2v) is 3.29. The molecule has 0 radical (unpaired) electrons. The van der Waals surface area contributed by atoms with Gasteiger partial charge in [-0.25, -0.2) is 4.39 Å². The molecule has 0 saturated carbocycles. The molecule has 1 aromatic carbocycles. The van der Waals surface area contributed by atoms with E-state index < -0.39 is 0 Å². The molecule has 2 N–H and O–H groups in total. The Balaban J connectivity index is 0.00000225. The number of rotatable bonds is 5. The Kier molecular flexibility index (Phi) is 7.05. The van der Waals surface area contributed by atoms with Crippen LogP contribution in [0.4, 0.5) is 4.39 Å². The Morgan fingerprint density at radius 3 is 2.62 bits per heavy atom. The third-order valence-electron chi connectivity index (χ3n) is 2.02. The summed E-state index contributed by atoms with van der Waals surface area (Å²) in [5.41, 5.74) is 6.38. The van der Waals surface area contributed by atoms with Gasteiger partial charge >= 0.3 is 0 Å². The summed E-state index contributed by atoms with van der Waals surface area (Å²) >= 11 is 0. The average molecular weight is 250 g/mol. The monoisotopic (exact) mass is 249 g/mol. The molecular formula is C11H17ClFNO2. The maximum atomic E-state index is 13.4. The van der Waals surface area contributed by atoms with Crippen LogP contribution in [0.2, 0.25) is 0 Å². The molecule has 0 aliphatic rings. The number of methoxy groups -OCH3 is 1. The maximum absolute atomic E-state index is 13.4. The van der Waals surface area contributed by atoms with Crippen molar-refractivity contribution in [3.63, 3.8) is 0 Å². The molecule has 1 atom stereocenters. The molecule has 1 aromatic rings. The van der Waals surface area contributed by atoms with Gasteiger partial charge in [0.2, 0.25) is 0 Å². The van der Waals surface area contributed by atoms with Crippen molar-refractivity contribution in [2.75, 3.05) is 20.3 Å². The molecular weight excluding hydrogens is 233 g/mol. The van der Waals surface area contributed by atoms with Gasteiger partial charge in [0.15, 0.2) is 11.6 Å². The second kappa shape index (κ2) is 7.44. The minimum atomic E-state index is -0.388. The number of para-hydroxylation sites is 1. The molecule has 0 bridgehead atoms. The molecule has 0 saturated heterocycles. The minimum absolute atomic E-state index is 0. The Hall–Kier alpha value is -0.840. The van der Waals surface area contributed by atoms with Crippen molar-refractivity contribution >= 4 is 12.4 Å². The van der Waals surface area contributed by atoms with E-state index in [-0.39, 0.29) is 30.0 Å². The van der Waals surface area contributed by atoms with E-state index in [0.29, 0.717) is 18.8 Å². The zero-order chi connectivity index (χ0) is 11.3. The van der Waals surface area contributed by atoms with Crippen LogP contribution in [0, 0.1) is 5.82 Å². The highest BCUT2D eigenvalue weighted by Gasteiger charge is 2.12. The van der Waals surface area contributed by atoms with Crippen LogP contribution in [-0.4, -0.2) is 20.3 Å². The molecule has 0 amide bonds. The lowest BCUT2D eigenvalue weighted by atomic mass is 10.1. The Labute approximate surface area is 101 Å². The lowest BCUT2D eigenvalue weighted by Gasteiger charge is -2.14. The highest BCUT2D eigenvalue weighted by atomic mass is 35.5. The minimum Gasteiger partial charge on any atom is -0.488 e. The molecule has 0 fully saturated rings. The average Bonchev–Trinajstić information content (AvgIpc) is 2.20. The molecule has 1 rings (SSSR count). The normalized spacial score (nSPS) is 11.8. The fraction of sp³-hybridized carbons (Fsp3) is 0.455.